The van der Waals surface area contributed by atoms with Crippen molar-refractivity contribution in [2.24, 2.45) is 5.10 Å². The van der Waals surface area contributed by atoms with Gasteiger partial charge in [-0.05, 0) is 19.3 Å². The highest BCUT2D eigenvalue weighted by molar-refractivity contribution is 5.56. The van der Waals surface area contributed by atoms with Crippen molar-refractivity contribution >= 4 is 6.21 Å². The summed E-state index contributed by atoms with van der Waals surface area (Å²) in [6, 6.07) is 0. The maximum absolute atomic E-state index is 4.31. The van der Waals surface area contributed by atoms with Crippen LogP contribution in [0.1, 0.15) is 123 Å². The third-order valence-corrected chi connectivity index (χ3v) is 4.51. The molecule has 2 heteroatoms. The van der Waals surface area contributed by atoms with E-state index in [2.05, 4.69) is 30.6 Å². The molecule has 0 aliphatic heterocycles. The Morgan fingerprint density at radius 1 is 0.565 bits per heavy atom. The van der Waals surface area contributed by atoms with Crippen LogP contribution in [0, 0.1) is 0 Å². The molecule has 0 spiro atoms. The van der Waals surface area contributed by atoms with Gasteiger partial charge < -0.3 is 5.43 Å². The third kappa shape index (κ3) is 21.5. The predicted molar refractivity (Wildman–Crippen MR) is 106 cm³/mol. The summed E-state index contributed by atoms with van der Waals surface area (Å²) in [6.07, 6.45) is 25.4. The maximum atomic E-state index is 4.31. The van der Waals surface area contributed by atoms with Crippen LogP contribution in [0.25, 0.3) is 0 Å². The van der Waals surface area contributed by atoms with Gasteiger partial charge in [0.2, 0.25) is 0 Å². The lowest BCUT2D eigenvalue weighted by Crippen LogP contribution is -2.07. The van der Waals surface area contributed by atoms with Crippen molar-refractivity contribution in [3.05, 3.63) is 0 Å². The van der Waals surface area contributed by atoms with E-state index < -0.39 is 0 Å². The first kappa shape index (κ1) is 22.5. The summed E-state index contributed by atoms with van der Waals surface area (Å²) in [5, 5.41) is 4.31. The van der Waals surface area contributed by atoms with E-state index in [1.807, 2.05) is 0 Å². The smallest absolute Gasteiger partial charge is 0.0329 e. The fraction of sp³-hybridized carbons (Fsp3) is 0.952. The van der Waals surface area contributed by atoms with Crippen molar-refractivity contribution in [3.63, 3.8) is 0 Å². The number of nitrogens with zero attached hydrogens (tertiary/aromatic N) is 1. The number of hydrogen-bond acceptors (Lipinski definition) is 2. The number of rotatable bonds is 19. The van der Waals surface area contributed by atoms with E-state index in [0.717, 1.165) is 13.0 Å². The van der Waals surface area contributed by atoms with Gasteiger partial charge in [-0.15, -0.1) is 0 Å². The van der Waals surface area contributed by atoms with Gasteiger partial charge in [0.05, 0.1) is 0 Å². The summed E-state index contributed by atoms with van der Waals surface area (Å²) in [7, 11) is 0. The number of nitrogens with one attached hydrogen (secondary N) is 1. The molecule has 0 atom stereocenters. The summed E-state index contributed by atoms with van der Waals surface area (Å²) in [6.45, 7) is 5.60. The van der Waals surface area contributed by atoms with E-state index in [9.17, 15) is 0 Å². The molecule has 0 aliphatic carbocycles. The maximum Gasteiger partial charge on any atom is 0.0329 e. The average molecular weight is 325 g/mol. The standard InChI is InChI=1S/C21H44N2/c1-3-5-7-9-11-12-13-15-17-19-21-23-22-20-18-16-14-10-8-6-4-2/h20,23H,3-19,21H2,1-2H3. The molecule has 0 heterocycles. The molecular weight excluding hydrogens is 280 g/mol. The van der Waals surface area contributed by atoms with Crippen LogP contribution in [0.3, 0.4) is 0 Å². The molecule has 0 unspecified atom stereocenters. The molecule has 138 valence electrons. The van der Waals surface area contributed by atoms with Crippen LogP contribution in [-0.2, 0) is 0 Å². The molecule has 0 radical (unpaired) electrons. The van der Waals surface area contributed by atoms with Gasteiger partial charge in [0.25, 0.3) is 0 Å². The average Bonchev–Trinajstić information content (AvgIpc) is 2.57. The second-order valence-electron chi connectivity index (χ2n) is 6.96. The van der Waals surface area contributed by atoms with Crippen LogP contribution >= 0.6 is 0 Å². The highest BCUT2D eigenvalue weighted by Crippen LogP contribution is 2.10. The Labute approximate surface area is 146 Å². The number of unbranched alkanes of at least 4 members (excludes halogenated alkanes) is 15. The molecule has 0 aromatic rings. The lowest BCUT2D eigenvalue weighted by Gasteiger charge is -2.02. The van der Waals surface area contributed by atoms with Gasteiger partial charge in [0.15, 0.2) is 0 Å². The van der Waals surface area contributed by atoms with Crippen molar-refractivity contribution in [2.75, 3.05) is 6.54 Å². The minimum atomic E-state index is 1.05. The summed E-state index contributed by atoms with van der Waals surface area (Å²) in [4.78, 5) is 0. The van der Waals surface area contributed by atoms with Crippen LogP contribution in [0.2, 0.25) is 0 Å². The van der Waals surface area contributed by atoms with Gasteiger partial charge in [-0.2, -0.15) is 5.10 Å². The molecule has 0 bridgehead atoms. The van der Waals surface area contributed by atoms with E-state index in [1.54, 1.807) is 0 Å². The van der Waals surface area contributed by atoms with Crippen molar-refractivity contribution in [2.45, 2.75) is 123 Å². The second-order valence-corrected chi connectivity index (χ2v) is 6.96. The third-order valence-electron chi connectivity index (χ3n) is 4.51. The lowest BCUT2D eigenvalue weighted by atomic mass is 10.1. The Bertz CT molecular complexity index is 226. The van der Waals surface area contributed by atoms with Crippen LogP contribution < -0.4 is 5.43 Å². The van der Waals surface area contributed by atoms with Crippen LogP contribution in [0.4, 0.5) is 0 Å². The molecule has 0 aromatic carbocycles. The monoisotopic (exact) mass is 324 g/mol. The van der Waals surface area contributed by atoms with Gasteiger partial charge >= 0.3 is 0 Å². The van der Waals surface area contributed by atoms with Gasteiger partial charge in [0.1, 0.15) is 0 Å². The molecule has 0 fully saturated rings. The van der Waals surface area contributed by atoms with Gasteiger partial charge in [0, 0.05) is 12.8 Å². The molecule has 0 aromatic heterocycles. The van der Waals surface area contributed by atoms with Crippen molar-refractivity contribution in [1.29, 1.82) is 0 Å². The fourth-order valence-corrected chi connectivity index (χ4v) is 2.90. The Balaban J connectivity index is 3.02. The summed E-state index contributed by atoms with van der Waals surface area (Å²) in [5.41, 5.74) is 3.19. The van der Waals surface area contributed by atoms with Crippen LogP contribution in [-0.4, -0.2) is 12.8 Å². The van der Waals surface area contributed by atoms with E-state index in [-0.39, 0.29) is 0 Å². The minimum absolute atomic E-state index is 1.05. The minimum Gasteiger partial charge on any atom is -0.310 e. The zero-order valence-corrected chi connectivity index (χ0v) is 16.3. The van der Waals surface area contributed by atoms with Crippen molar-refractivity contribution < 1.29 is 0 Å². The van der Waals surface area contributed by atoms with Gasteiger partial charge in [-0.3, -0.25) is 0 Å². The largest absolute Gasteiger partial charge is 0.310 e. The molecule has 1 N–H and O–H groups in total. The molecule has 0 aliphatic rings. The SMILES string of the molecule is CCCCCCCCC=NNCCCCCCCCCCCC. The second kappa shape index (κ2) is 21.5. The zero-order chi connectivity index (χ0) is 16.8. The molecule has 0 saturated carbocycles. The summed E-state index contributed by atoms with van der Waals surface area (Å²) in [5.74, 6) is 0. The summed E-state index contributed by atoms with van der Waals surface area (Å²) < 4.78 is 0. The lowest BCUT2D eigenvalue weighted by molar-refractivity contribution is 0.547. The molecular formula is C21H44N2. The number of hydrazone groups is 1. The molecule has 23 heavy (non-hydrogen) atoms. The first-order valence-electron chi connectivity index (χ1n) is 10.7. The molecule has 2 nitrogen and oxygen atoms in total. The topological polar surface area (TPSA) is 24.4 Å². The van der Waals surface area contributed by atoms with Gasteiger partial charge in [-0.25, -0.2) is 0 Å². The molecule has 0 amide bonds. The Morgan fingerprint density at radius 3 is 1.52 bits per heavy atom. The van der Waals surface area contributed by atoms with E-state index in [4.69, 9.17) is 0 Å². The zero-order valence-electron chi connectivity index (χ0n) is 16.3. The first-order valence-corrected chi connectivity index (χ1v) is 10.7. The Morgan fingerprint density at radius 2 is 1.00 bits per heavy atom. The fourth-order valence-electron chi connectivity index (χ4n) is 2.90. The van der Waals surface area contributed by atoms with Crippen molar-refractivity contribution in [1.82, 2.24) is 5.43 Å². The predicted octanol–water partition coefficient (Wildman–Crippen LogP) is 7.23. The highest BCUT2D eigenvalue weighted by Gasteiger charge is 1.92. The van der Waals surface area contributed by atoms with Crippen molar-refractivity contribution in [3.8, 4) is 0 Å². The van der Waals surface area contributed by atoms with Crippen LogP contribution in [0.15, 0.2) is 5.10 Å². The van der Waals surface area contributed by atoms with E-state index in [0.29, 0.717) is 0 Å². The summed E-state index contributed by atoms with van der Waals surface area (Å²) >= 11 is 0. The number of hydrogen-bond donors (Lipinski definition) is 1. The molecule has 0 rings (SSSR count). The normalized spacial score (nSPS) is 11.4. The van der Waals surface area contributed by atoms with E-state index in [1.165, 1.54) is 103 Å². The van der Waals surface area contributed by atoms with E-state index >= 15 is 0 Å². The first-order chi connectivity index (χ1) is 11.4. The quantitative estimate of drug-likeness (QED) is 0.151. The Hall–Kier alpha value is -0.530. The highest BCUT2D eigenvalue weighted by atomic mass is 15.3. The Kier molecular flexibility index (Phi) is 21.0. The van der Waals surface area contributed by atoms with Gasteiger partial charge in [-0.1, -0.05) is 104 Å². The molecule has 0 saturated heterocycles. The van der Waals surface area contributed by atoms with Crippen LogP contribution in [0.5, 0.6) is 0 Å².